The summed E-state index contributed by atoms with van der Waals surface area (Å²) in [5, 5.41) is 2.85. The summed E-state index contributed by atoms with van der Waals surface area (Å²) in [5.41, 5.74) is 2.50. The fourth-order valence-corrected chi connectivity index (χ4v) is 2.13. The molecule has 1 amide bonds. The van der Waals surface area contributed by atoms with Crippen molar-refractivity contribution < 1.29 is 9.53 Å². The Morgan fingerprint density at radius 2 is 2.17 bits per heavy atom. The zero-order valence-electron chi connectivity index (χ0n) is 11.5. The van der Waals surface area contributed by atoms with Crippen molar-refractivity contribution in [2.45, 2.75) is 45.6 Å². The van der Waals surface area contributed by atoms with Crippen molar-refractivity contribution in [3.8, 4) is 5.75 Å². The first kappa shape index (κ1) is 14.6. The smallest absolute Gasteiger partial charge is 0.207 e. The molecule has 1 atom stereocenters. The summed E-state index contributed by atoms with van der Waals surface area (Å²) in [6, 6.07) is 6.50. The van der Waals surface area contributed by atoms with E-state index in [1.165, 1.54) is 11.1 Å². The molecule has 1 aromatic rings. The highest BCUT2D eigenvalue weighted by Crippen LogP contribution is 2.22. The van der Waals surface area contributed by atoms with E-state index in [1.54, 1.807) is 7.11 Å². The molecular weight excluding hydrogens is 226 g/mol. The minimum atomic E-state index is 0.213. The topological polar surface area (TPSA) is 38.3 Å². The summed E-state index contributed by atoms with van der Waals surface area (Å²) >= 11 is 0. The first-order chi connectivity index (χ1) is 8.74. The van der Waals surface area contributed by atoms with E-state index in [9.17, 15) is 4.79 Å². The lowest BCUT2D eigenvalue weighted by Gasteiger charge is -2.15. The van der Waals surface area contributed by atoms with Crippen LogP contribution in [0.1, 0.15) is 37.8 Å². The van der Waals surface area contributed by atoms with Crippen LogP contribution in [0, 0.1) is 0 Å². The molecule has 0 unspecified atom stereocenters. The maximum absolute atomic E-state index is 10.5. The number of hydrogen-bond acceptors (Lipinski definition) is 2. The number of carbonyl (C=O) groups is 1. The van der Waals surface area contributed by atoms with E-state index in [0.717, 1.165) is 37.8 Å². The zero-order valence-corrected chi connectivity index (χ0v) is 11.5. The first-order valence-electron chi connectivity index (χ1n) is 6.60. The molecule has 18 heavy (non-hydrogen) atoms. The molecule has 0 aliphatic rings. The van der Waals surface area contributed by atoms with Crippen LogP contribution in [0.25, 0.3) is 0 Å². The average molecular weight is 249 g/mol. The van der Waals surface area contributed by atoms with Crippen LogP contribution in [-0.4, -0.2) is 19.6 Å². The van der Waals surface area contributed by atoms with Gasteiger partial charge >= 0.3 is 0 Å². The van der Waals surface area contributed by atoms with Crippen molar-refractivity contribution >= 4 is 6.41 Å². The molecule has 1 aromatic carbocycles. The molecule has 0 aliphatic carbocycles. The zero-order chi connectivity index (χ0) is 13.4. The van der Waals surface area contributed by atoms with Gasteiger partial charge in [-0.05, 0) is 36.5 Å². The number of methoxy groups -OCH3 is 1. The van der Waals surface area contributed by atoms with Gasteiger partial charge in [0.25, 0.3) is 0 Å². The number of carbonyl (C=O) groups excluding carboxylic acids is 1. The summed E-state index contributed by atoms with van der Waals surface area (Å²) in [6.07, 6.45) is 4.72. The molecule has 3 heteroatoms. The SMILES string of the molecule is CCCc1cc(C[C@@H](CC)NC=O)ccc1OC. The van der Waals surface area contributed by atoms with Gasteiger partial charge < -0.3 is 10.1 Å². The lowest BCUT2D eigenvalue weighted by atomic mass is 9.99. The Hall–Kier alpha value is -1.51. The van der Waals surface area contributed by atoms with Crippen LogP contribution in [0.3, 0.4) is 0 Å². The molecule has 1 rings (SSSR count). The van der Waals surface area contributed by atoms with Gasteiger partial charge in [0.2, 0.25) is 6.41 Å². The third-order valence-electron chi connectivity index (χ3n) is 3.14. The standard InChI is InChI=1S/C15H23NO2/c1-4-6-13-9-12(7-8-15(13)18-3)10-14(5-2)16-11-17/h7-9,11,14H,4-6,10H2,1-3H3,(H,16,17)/t14-/m1/s1. The number of amides is 1. The van der Waals surface area contributed by atoms with Crippen molar-refractivity contribution in [3.63, 3.8) is 0 Å². The Bertz CT molecular complexity index is 377. The highest BCUT2D eigenvalue weighted by molar-refractivity contribution is 5.47. The molecule has 0 spiro atoms. The molecule has 0 radical (unpaired) electrons. The number of ether oxygens (including phenoxy) is 1. The molecule has 0 bridgehead atoms. The van der Waals surface area contributed by atoms with Crippen molar-refractivity contribution in [2.75, 3.05) is 7.11 Å². The van der Waals surface area contributed by atoms with Gasteiger partial charge in [-0.1, -0.05) is 32.4 Å². The molecule has 100 valence electrons. The fourth-order valence-electron chi connectivity index (χ4n) is 2.13. The van der Waals surface area contributed by atoms with Gasteiger partial charge in [-0.2, -0.15) is 0 Å². The van der Waals surface area contributed by atoms with Crippen LogP contribution in [0.15, 0.2) is 18.2 Å². The summed E-state index contributed by atoms with van der Waals surface area (Å²) in [5.74, 6) is 0.956. The summed E-state index contributed by atoms with van der Waals surface area (Å²) < 4.78 is 5.36. The number of aryl methyl sites for hydroxylation is 1. The monoisotopic (exact) mass is 249 g/mol. The third kappa shape index (κ3) is 4.06. The van der Waals surface area contributed by atoms with Crippen molar-refractivity contribution in [1.29, 1.82) is 0 Å². The highest BCUT2D eigenvalue weighted by atomic mass is 16.5. The van der Waals surface area contributed by atoms with Gasteiger partial charge in [0.15, 0.2) is 0 Å². The molecule has 0 aliphatic heterocycles. The molecule has 0 saturated carbocycles. The van der Waals surface area contributed by atoms with Crippen molar-refractivity contribution in [2.24, 2.45) is 0 Å². The van der Waals surface area contributed by atoms with Gasteiger partial charge in [-0.15, -0.1) is 0 Å². The largest absolute Gasteiger partial charge is 0.496 e. The Balaban J connectivity index is 2.82. The van der Waals surface area contributed by atoms with E-state index in [-0.39, 0.29) is 6.04 Å². The van der Waals surface area contributed by atoms with E-state index in [0.29, 0.717) is 0 Å². The van der Waals surface area contributed by atoms with Crippen LogP contribution < -0.4 is 10.1 Å². The molecule has 0 heterocycles. The highest BCUT2D eigenvalue weighted by Gasteiger charge is 2.08. The predicted molar refractivity (Wildman–Crippen MR) is 74.0 cm³/mol. The van der Waals surface area contributed by atoms with E-state index in [2.05, 4.69) is 31.3 Å². The lowest BCUT2D eigenvalue weighted by Crippen LogP contribution is -2.29. The Labute approximate surface area is 110 Å². The fraction of sp³-hybridized carbons (Fsp3) is 0.533. The van der Waals surface area contributed by atoms with Gasteiger partial charge in [0.1, 0.15) is 5.75 Å². The Morgan fingerprint density at radius 3 is 2.72 bits per heavy atom. The van der Waals surface area contributed by atoms with Crippen LogP contribution in [0.4, 0.5) is 0 Å². The average Bonchev–Trinajstić information content (AvgIpc) is 2.39. The summed E-state index contributed by atoms with van der Waals surface area (Å²) in [6.45, 7) is 4.24. The Kier molecular flexibility index (Phi) is 6.26. The first-order valence-corrected chi connectivity index (χ1v) is 6.60. The van der Waals surface area contributed by atoms with Crippen LogP contribution in [-0.2, 0) is 17.6 Å². The number of hydrogen-bond donors (Lipinski definition) is 1. The van der Waals surface area contributed by atoms with E-state index in [1.807, 2.05) is 6.07 Å². The van der Waals surface area contributed by atoms with Gasteiger partial charge in [0, 0.05) is 6.04 Å². The van der Waals surface area contributed by atoms with Crippen molar-refractivity contribution in [1.82, 2.24) is 5.32 Å². The van der Waals surface area contributed by atoms with Crippen LogP contribution in [0.5, 0.6) is 5.75 Å². The lowest BCUT2D eigenvalue weighted by molar-refractivity contribution is -0.110. The molecule has 1 N–H and O–H groups in total. The van der Waals surface area contributed by atoms with Gasteiger partial charge in [0.05, 0.1) is 7.11 Å². The number of rotatable bonds is 8. The number of nitrogens with one attached hydrogen (secondary N) is 1. The van der Waals surface area contributed by atoms with E-state index in [4.69, 9.17) is 4.74 Å². The normalized spacial score (nSPS) is 11.9. The second kappa shape index (κ2) is 7.75. The second-order valence-electron chi connectivity index (χ2n) is 4.49. The Morgan fingerprint density at radius 1 is 1.39 bits per heavy atom. The quantitative estimate of drug-likeness (QED) is 0.719. The van der Waals surface area contributed by atoms with Gasteiger partial charge in [-0.25, -0.2) is 0 Å². The van der Waals surface area contributed by atoms with Crippen molar-refractivity contribution in [3.05, 3.63) is 29.3 Å². The summed E-state index contributed by atoms with van der Waals surface area (Å²) in [7, 11) is 1.71. The predicted octanol–water partition coefficient (Wildman–Crippen LogP) is 2.71. The maximum Gasteiger partial charge on any atom is 0.207 e. The van der Waals surface area contributed by atoms with E-state index < -0.39 is 0 Å². The summed E-state index contributed by atoms with van der Waals surface area (Å²) in [4.78, 5) is 10.5. The minimum Gasteiger partial charge on any atom is -0.496 e. The molecule has 0 aromatic heterocycles. The molecular formula is C15H23NO2. The van der Waals surface area contributed by atoms with Crippen LogP contribution >= 0.6 is 0 Å². The van der Waals surface area contributed by atoms with Gasteiger partial charge in [-0.3, -0.25) is 4.79 Å². The maximum atomic E-state index is 10.5. The molecule has 0 fully saturated rings. The van der Waals surface area contributed by atoms with E-state index >= 15 is 0 Å². The van der Waals surface area contributed by atoms with Crippen LogP contribution in [0.2, 0.25) is 0 Å². The molecule has 0 saturated heterocycles. The molecule has 3 nitrogen and oxygen atoms in total. The third-order valence-corrected chi connectivity index (χ3v) is 3.14. The number of benzene rings is 1. The second-order valence-corrected chi connectivity index (χ2v) is 4.49. The minimum absolute atomic E-state index is 0.213.